The normalized spacial score (nSPS) is 21.5. The van der Waals surface area contributed by atoms with Crippen molar-refractivity contribution < 1.29 is 14.6 Å². The highest BCUT2D eigenvalue weighted by Gasteiger charge is 2.38. The van der Waals surface area contributed by atoms with Gasteiger partial charge in [-0.1, -0.05) is 18.2 Å². The van der Waals surface area contributed by atoms with Crippen molar-refractivity contribution in [2.75, 3.05) is 5.32 Å². The van der Waals surface area contributed by atoms with E-state index in [1.807, 2.05) is 42.5 Å². The summed E-state index contributed by atoms with van der Waals surface area (Å²) in [6.07, 6.45) is 1.99. The summed E-state index contributed by atoms with van der Waals surface area (Å²) in [4.78, 5) is 16.6. The first kappa shape index (κ1) is 17.5. The van der Waals surface area contributed by atoms with Gasteiger partial charge in [0.25, 0.3) is 0 Å². The molecule has 6 heteroatoms. The molecule has 0 aliphatic heterocycles. The molecule has 1 fully saturated rings. The van der Waals surface area contributed by atoms with Crippen molar-refractivity contribution in [1.82, 2.24) is 4.98 Å². The van der Waals surface area contributed by atoms with E-state index in [1.54, 1.807) is 18.3 Å². The molecule has 1 heterocycles. The Labute approximate surface area is 157 Å². The average molecular weight is 363 g/mol. The second kappa shape index (κ2) is 7.34. The molecule has 27 heavy (non-hydrogen) atoms. The number of nitrogens with two attached hydrogens (primary N) is 1. The Bertz CT molecular complexity index is 962. The largest absolute Gasteiger partial charge is 0.457 e. The van der Waals surface area contributed by atoms with Gasteiger partial charge in [0.05, 0.1) is 11.6 Å². The fraction of sp³-hybridized carbons (Fsp3) is 0.238. The Morgan fingerprint density at radius 1 is 1.22 bits per heavy atom. The molecule has 1 aromatic heterocycles. The van der Waals surface area contributed by atoms with Crippen LogP contribution in [-0.4, -0.2) is 28.1 Å². The zero-order valence-corrected chi connectivity index (χ0v) is 14.7. The number of pyridine rings is 1. The van der Waals surface area contributed by atoms with E-state index in [0.717, 1.165) is 10.9 Å². The number of anilines is 1. The van der Waals surface area contributed by atoms with Gasteiger partial charge in [-0.15, -0.1) is 0 Å². The maximum Gasteiger partial charge on any atom is 0.224 e. The van der Waals surface area contributed by atoms with Gasteiger partial charge in [-0.3, -0.25) is 9.78 Å². The molecular weight excluding hydrogens is 342 g/mol. The lowest BCUT2D eigenvalue weighted by Crippen LogP contribution is -2.52. The summed E-state index contributed by atoms with van der Waals surface area (Å²) in [6, 6.07) is 16.7. The van der Waals surface area contributed by atoms with Gasteiger partial charge in [0.2, 0.25) is 5.91 Å². The van der Waals surface area contributed by atoms with Crippen molar-refractivity contribution >= 4 is 22.5 Å². The van der Waals surface area contributed by atoms with Crippen molar-refractivity contribution in [3.8, 4) is 11.5 Å². The molecule has 4 rings (SSSR count). The first-order chi connectivity index (χ1) is 13.1. The number of ether oxygens (including phenoxy) is 1. The van der Waals surface area contributed by atoms with E-state index in [-0.39, 0.29) is 24.3 Å². The van der Waals surface area contributed by atoms with E-state index in [2.05, 4.69) is 10.3 Å². The number of aromatic nitrogens is 1. The van der Waals surface area contributed by atoms with Gasteiger partial charge in [-0.05, 0) is 36.8 Å². The number of hydrogen-bond acceptors (Lipinski definition) is 5. The molecule has 1 saturated carbocycles. The third kappa shape index (κ3) is 3.77. The molecule has 1 amide bonds. The molecule has 1 aliphatic carbocycles. The minimum Gasteiger partial charge on any atom is -0.457 e. The van der Waals surface area contributed by atoms with Crippen molar-refractivity contribution in [1.29, 1.82) is 0 Å². The molecule has 6 nitrogen and oxygen atoms in total. The lowest BCUT2D eigenvalue weighted by atomic mass is 9.75. The standard InChI is InChI=1S/C21H21N3O3/c22-17-12-19(25)16(17)11-21(26)24-13-4-3-5-14(10-13)27-20-8-9-23-18-7-2-1-6-15(18)20/h1-10,16-17,19,25H,11-12,22H2,(H,24,26)/t16-,17+,19-/m0/s1. The second-order valence-corrected chi connectivity index (χ2v) is 6.84. The quantitative estimate of drug-likeness (QED) is 0.647. The predicted molar refractivity (Wildman–Crippen MR) is 104 cm³/mol. The van der Waals surface area contributed by atoms with E-state index >= 15 is 0 Å². The molecule has 0 radical (unpaired) electrons. The molecule has 0 bridgehead atoms. The predicted octanol–water partition coefficient (Wildman–Crippen LogP) is 3.06. The van der Waals surface area contributed by atoms with E-state index in [9.17, 15) is 9.90 Å². The fourth-order valence-corrected chi connectivity index (χ4v) is 3.35. The van der Waals surface area contributed by atoms with Crippen LogP contribution in [0.5, 0.6) is 11.5 Å². The number of aliphatic hydroxyl groups excluding tert-OH is 1. The monoisotopic (exact) mass is 363 g/mol. The fourth-order valence-electron chi connectivity index (χ4n) is 3.35. The summed E-state index contributed by atoms with van der Waals surface area (Å²) in [5.41, 5.74) is 7.34. The highest BCUT2D eigenvalue weighted by atomic mass is 16.5. The van der Waals surface area contributed by atoms with E-state index in [0.29, 0.717) is 23.6 Å². The molecule has 0 spiro atoms. The number of fused-ring (bicyclic) bond motifs is 1. The van der Waals surface area contributed by atoms with E-state index in [1.165, 1.54) is 0 Å². The first-order valence-corrected chi connectivity index (χ1v) is 8.95. The van der Waals surface area contributed by atoms with Crippen molar-refractivity contribution in [2.24, 2.45) is 11.7 Å². The van der Waals surface area contributed by atoms with E-state index < -0.39 is 6.10 Å². The molecule has 3 aromatic rings. The highest BCUT2D eigenvalue weighted by Crippen LogP contribution is 2.31. The zero-order chi connectivity index (χ0) is 18.8. The number of aliphatic hydroxyl groups is 1. The van der Waals surface area contributed by atoms with Crippen LogP contribution in [0, 0.1) is 5.92 Å². The number of carbonyl (C=O) groups excluding carboxylic acids is 1. The summed E-state index contributed by atoms with van der Waals surface area (Å²) in [5.74, 6) is 0.977. The minimum atomic E-state index is -0.486. The van der Waals surface area contributed by atoms with Crippen molar-refractivity contribution in [3.05, 3.63) is 60.8 Å². The zero-order valence-electron chi connectivity index (χ0n) is 14.7. The van der Waals surface area contributed by atoms with Crippen LogP contribution in [0.4, 0.5) is 5.69 Å². The van der Waals surface area contributed by atoms with Crippen LogP contribution in [0.15, 0.2) is 60.8 Å². The molecule has 3 atom stereocenters. The lowest BCUT2D eigenvalue weighted by molar-refractivity contribution is -0.120. The van der Waals surface area contributed by atoms with Crippen LogP contribution in [0.3, 0.4) is 0 Å². The van der Waals surface area contributed by atoms with E-state index in [4.69, 9.17) is 10.5 Å². The first-order valence-electron chi connectivity index (χ1n) is 8.95. The topological polar surface area (TPSA) is 97.5 Å². The SMILES string of the molecule is N[C@@H]1C[C@H](O)[C@H]1CC(=O)Nc1cccc(Oc2ccnc3ccccc23)c1. The molecule has 1 aliphatic rings. The molecule has 0 saturated heterocycles. The van der Waals surface area contributed by atoms with Crippen molar-refractivity contribution in [3.63, 3.8) is 0 Å². The van der Waals surface area contributed by atoms with Crippen LogP contribution >= 0.6 is 0 Å². The summed E-state index contributed by atoms with van der Waals surface area (Å²) in [5, 5.41) is 13.5. The molecular formula is C21H21N3O3. The van der Waals surface area contributed by atoms with Gasteiger partial charge in [-0.2, -0.15) is 0 Å². The number of nitrogens with zero attached hydrogens (tertiary/aromatic N) is 1. The summed E-state index contributed by atoms with van der Waals surface area (Å²) < 4.78 is 6.01. The highest BCUT2D eigenvalue weighted by molar-refractivity contribution is 5.91. The number of nitrogens with one attached hydrogen (secondary N) is 1. The molecule has 4 N–H and O–H groups in total. The number of carbonyl (C=O) groups is 1. The Morgan fingerprint density at radius 3 is 2.89 bits per heavy atom. The summed E-state index contributed by atoms with van der Waals surface area (Å²) >= 11 is 0. The average Bonchev–Trinajstić information content (AvgIpc) is 2.67. The van der Waals surface area contributed by atoms with Crippen LogP contribution in [0.1, 0.15) is 12.8 Å². The van der Waals surface area contributed by atoms with Gasteiger partial charge in [0, 0.05) is 41.7 Å². The van der Waals surface area contributed by atoms with Gasteiger partial charge >= 0.3 is 0 Å². The number of para-hydroxylation sites is 1. The summed E-state index contributed by atoms with van der Waals surface area (Å²) in [6.45, 7) is 0. The third-order valence-electron chi connectivity index (χ3n) is 4.93. The Balaban J connectivity index is 1.47. The number of benzene rings is 2. The van der Waals surface area contributed by atoms with Gasteiger partial charge in [-0.25, -0.2) is 0 Å². The third-order valence-corrected chi connectivity index (χ3v) is 4.93. The molecule has 0 unspecified atom stereocenters. The lowest BCUT2D eigenvalue weighted by Gasteiger charge is -2.38. The molecule has 2 aromatic carbocycles. The van der Waals surface area contributed by atoms with Crippen molar-refractivity contribution in [2.45, 2.75) is 25.0 Å². The van der Waals surface area contributed by atoms with Crippen LogP contribution in [-0.2, 0) is 4.79 Å². The van der Waals surface area contributed by atoms with Gasteiger partial charge in [0.15, 0.2) is 0 Å². The molecule has 138 valence electrons. The number of rotatable bonds is 5. The Morgan fingerprint density at radius 2 is 2.07 bits per heavy atom. The smallest absolute Gasteiger partial charge is 0.224 e. The summed E-state index contributed by atoms with van der Waals surface area (Å²) in [7, 11) is 0. The van der Waals surface area contributed by atoms with Crippen LogP contribution in [0.25, 0.3) is 10.9 Å². The second-order valence-electron chi connectivity index (χ2n) is 6.84. The van der Waals surface area contributed by atoms with Gasteiger partial charge in [0.1, 0.15) is 11.5 Å². The number of hydrogen-bond donors (Lipinski definition) is 3. The van der Waals surface area contributed by atoms with Crippen LogP contribution in [0.2, 0.25) is 0 Å². The maximum atomic E-state index is 12.2. The maximum absolute atomic E-state index is 12.2. The Hall–Kier alpha value is -2.96. The van der Waals surface area contributed by atoms with Gasteiger partial charge < -0.3 is 20.9 Å². The minimum absolute atomic E-state index is 0.111. The number of amides is 1. The Kier molecular flexibility index (Phi) is 4.75. The van der Waals surface area contributed by atoms with Crippen LogP contribution < -0.4 is 15.8 Å².